The molecule has 2 heteroatoms. The van der Waals surface area contributed by atoms with Crippen molar-refractivity contribution in [2.45, 2.75) is 25.6 Å². The van der Waals surface area contributed by atoms with Crippen LogP contribution in [0.15, 0.2) is 12.7 Å². The standard InChI is InChI=1S/C7H16OSi/c1-4-5-6-9(2,3)7-8/h4,8H,1,5-7H2,2-3H3. The third kappa shape index (κ3) is 4.42. The maximum Gasteiger partial charge on any atom is 0.0775 e. The molecule has 0 amide bonds. The van der Waals surface area contributed by atoms with Crippen molar-refractivity contribution in [3.05, 3.63) is 12.7 Å². The number of hydrogen-bond donors (Lipinski definition) is 1. The highest BCUT2D eigenvalue weighted by Crippen LogP contribution is 2.10. The summed E-state index contributed by atoms with van der Waals surface area (Å²) in [5, 5.41) is 8.85. The number of aliphatic hydroxyl groups excluding tert-OH is 1. The van der Waals surface area contributed by atoms with E-state index in [2.05, 4.69) is 19.7 Å². The monoisotopic (exact) mass is 144 g/mol. The van der Waals surface area contributed by atoms with E-state index in [1.807, 2.05) is 6.08 Å². The van der Waals surface area contributed by atoms with Crippen LogP contribution in [0.3, 0.4) is 0 Å². The van der Waals surface area contributed by atoms with Crippen LogP contribution in [0, 0.1) is 0 Å². The molecule has 0 aliphatic rings. The van der Waals surface area contributed by atoms with Crippen molar-refractivity contribution in [1.82, 2.24) is 0 Å². The van der Waals surface area contributed by atoms with Crippen LogP contribution < -0.4 is 0 Å². The first-order valence-electron chi connectivity index (χ1n) is 3.34. The molecule has 1 nitrogen and oxygen atoms in total. The molecule has 0 aromatic carbocycles. The van der Waals surface area contributed by atoms with Gasteiger partial charge in [-0.15, -0.1) is 6.58 Å². The lowest BCUT2D eigenvalue weighted by Crippen LogP contribution is -2.30. The Labute approximate surface area is 58.4 Å². The fourth-order valence-electron chi connectivity index (χ4n) is 0.572. The lowest BCUT2D eigenvalue weighted by molar-refractivity contribution is 0.358. The van der Waals surface area contributed by atoms with Crippen LogP contribution in [-0.2, 0) is 0 Å². The molecule has 0 aliphatic carbocycles. The lowest BCUT2D eigenvalue weighted by Gasteiger charge is -2.16. The Balaban J connectivity index is 3.44. The number of aliphatic hydroxyl groups is 1. The van der Waals surface area contributed by atoms with Crippen molar-refractivity contribution in [3.8, 4) is 0 Å². The van der Waals surface area contributed by atoms with Crippen LogP contribution in [0.5, 0.6) is 0 Å². The third-order valence-electron chi connectivity index (χ3n) is 1.45. The van der Waals surface area contributed by atoms with Gasteiger partial charge < -0.3 is 5.11 Å². The van der Waals surface area contributed by atoms with Crippen LogP contribution in [0.2, 0.25) is 19.1 Å². The van der Waals surface area contributed by atoms with E-state index in [9.17, 15) is 0 Å². The molecular weight excluding hydrogens is 128 g/mol. The Morgan fingerprint density at radius 2 is 2.11 bits per heavy atom. The molecule has 0 aromatic heterocycles. The van der Waals surface area contributed by atoms with Crippen molar-refractivity contribution < 1.29 is 5.11 Å². The summed E-state index contributed by atoms with van der Waals surface area (Å²) < 4.78 is 0. The minimum Gasteiger partial charge on any atom is -0.400 e. The van der Waals surface area contributed by atoms with Crippen LogP contribution in [-0.4, -0.2) is 19.4 Å². The van der Waals surface area contributed by atoms with Crippen molar-refractivity contribution in [1.29, 1.82) is 0 Å². The van der Waals surface area contributed by atoms with Crippen molar-refractivity contribution in [2.24, 2.45) is 0 Å². The first kappa shape index (κ1) is 8.92. The van der Waals surface area contributed by atoms with Gasteiger partial charge in [-0.2, -0.15) is 0 Å². The van der Waals surface area contributed by atoms with Gasteiger partial charge in [0, 0.05) is 6.23 Å². The second kappa shape index (κ2) is 3.85. The highest BCUT2D eigenvalue weighted by Gasteiger charge is 2.17. The Bertz CT molecular complexity index is 88.9. The molecule has 0 spiro atoms. The molecule has 54 valence electrons. The normalized spacial score (nSPS) is 11.4. The Morgan fingerprint density at radius 3 is 2.44 bits per heavy atom. The average molecular weight is 144 g/mol. The summed E-state index contributed by atoms with van der Waals surface area (Å²) in [5.41, 5.74) is 0. The Hall–Kier alpha value is -0.0831. The second-order valence-electron chi connectivity index (χ2n) is 3.15. The van der Waals surface area contributed by atoms with Gasteiger partial charge in [0.1, 0.15) is 0 Å². The maximum atomic E-state index is 8.85. The van der Waals surface area contributed by atoms with E-state index in [0.717, 1.165) is 12.5 Å². The largest absolute Gasteiger partial charge is 0.400 e. The van der Waals surface area contributed by atoms with Gasteiger partial charge in [0.05, 0.1) is 8.07 Å². The number of allylic oxidation sites excluding steroid dienone is 1. The average Bonchev–Trinajstić information content (AvgIpc) is 1.84. The van der Waals surface area contributed by atoms with Gasteiger partial charge in [0.15, 0.2) is 0 Å². The molecule has 0 saturated heterocycles. The van der Waals surface area contributed by atoms with E-state index < -0.39 is 8.07 Å². The van der Waals surface area contributed by atoms with E-state index in [1.54, 1.807) is 0 Å². The van der Waals surface area contributed by atoms with Crippen molar-refractivity contribution in [2.75, 3.05) is 6.23 Å². The van der Waals surface area contributed by atoms with Gasteiger partial charge in [-0.25, -0.2) is 0 Å². The molecule has 0 rings (SSSR count). The summed E-state index contributed by atoms with van der Waals surface area (Å²) in [6, 6.07) is 1.16. The van der Waals surface area contributed by atoms with Crippen LogP contribution in [0.1, 0.15) is 6.42 Å². The summed E-state index contributed by atoms with van der Waals surface area (Å²) in [6.07, 6.45) is 3.38. The van der Waals surface area contributed by atoms with Gasteiger partial charge in [-0.05, 0) is 6.42 Å². The summed E-state index contributed by atoms with van der Waals surface area (Å²) in [6.45, 7) is 8.02. The van der Waals surface area contributed by atoms with Gasteiger partial charge in [-0.1, -0.05) is 25.2 Å². The third-order valence-corrected chi connectivity index (χ3v) is 3.95. The molecule has 0 heterocycles. The fraction of sp³-hybridized carbons (Fsp3) is 0.714. The predicted molar refractivity (Wildman–Crippen MR) is 44.2 cm³/mol. The smallest absolute Gasteiger partial charge is 0.0775 e. The number of rotatable bonds is 4. The SMILES string of the molecule is C=CCC[Si](C)(C)CO. The first-order valence-corrected chi connectivity index (χ1v) is 6.75. The Kier molecular flexibility index (Phi) is 3.82. The van der Waals surface area contributed by atoms with Crippen molar-refractivity contribution in [3.63, 3.8) is 0 Å². The van der Waals surface area contributed by atoms with Crippen LogP contribution >= 0.6 is 0 Å². The fourth-order valence-corrected chi connectivity index (χ4v) is 1.72. The van der Waals surface area contributed by atoms with Crippen molar-refractivity contribution >= 4 is 8.07 Å². The Morgan fingerprint density at radius 1 is 1.56 bits per heavy atom. The molecule has 0 radical (unpaired) electrons. The summed E-state index contributed by atoms with van der Waals surface area (Å²) in [7, 11) is -1.21. The first-order chi connectivity index (χ1) is 4.12. The molecule has 0 aliphatic heterocycles. The van der Waals surface area contributed by atoms with Crippen LogP contribution in [0.25, 0.3) is 0 Å². The molecule has 0 unspecified atom stereocenters. The van der Waals surface area contributed by atoms with Gasteiger partial charge >= 0.3 is 0 Å². The quantitative estimate of drug-likeness (QED) is 0.471. The topological polar surface area (TPSA) is 20.2 Å². The highest BCUT2D eigenvalue weighted by molar-refractivity contribution is 6.77. The molecular formula is C7H16OSi. The van der Waals surface area contributed by atoms with Crippen LogP contribution in [0.4, 0.5) is 0 Å². The minimum atomic E-state index is -1.21. The van der Waals surface area contributed by atoms with E-state index in [1.165, 1.54) is 0 Å². The number of hydrogen-bond acceptors (Lipinski definition) is 1. The zero-order valence-corrected chi connectivity index (χ0v) is 7.35. The van der Waals surface area contributed by atoms with Gasteiger partial charge in [0.2, 0.25) is 0 Å². The summed E-state index contributed by atoms with van der Waals surface area (Å²) in [4.78, 5) is 0. The highest BCUT2D eigenvalue weighted by atomic mass is 28.3. The van der Waals surface area contributed by atoms with E-state index in [0.29, 0.717) is 6.23 Å². The van der Waals surface area contributed by atoms with E-state index in [4.69, 9.17) is 5.11 Å². The molecule has 0 bridgehead atoms. The molecule has 0 fully saturated rings. The molecule has 9 heavy (non-hydrogen) atoms. The minimum absolute atomic E-state index is 0.404. The molecule has 0 saturated carbocycles. The molecule has 0 atom stereocenters. The lowest BCUT2D eigenvalue weighted by atomic mass is 10.5. The zero-order chi connectivity index (χ0) is 7.33. The van der Waals surface area contributed by atoms with E-state index >= 15 is 0 Å². The summed E-state index contributed by atoms with van der Waals surface area (Å²) >= 11 is 0. The summed E-state index contributed by atoms with van der Waals surface area (Å²) in [5.74, 6) is 0. The molecule has 1 N–H and O–H groups in total. The predicted octanol–water partition coefficient (Wildman–Crippen LogP) is 1.80. The maximum absolute atomic E-state index is 8.85. The van der Waals surface area contributed by atoms with Gasteiger partial charge in [-0.3, -0.25) is 0 Å². The zero-order valence-electron chi connectivity index (χ0n) is 6.35. The van der Waals surface area contributed by atoms with Gasteiger partial charge in [0.25, 0.3) is 0 Å². The molecule has 0 aromatic rings. The van der Waals surface area contributed by atoms with E-state index in [-0.39, 0.29) is 0 Å². The second-order valence-corrected chi connectivity index (χ2v) is 8.29.